The number of hydrogen-bond donors (Lipinski definition) is 1. The van der Waals surface area contributed by atoms with Crippen LogP contribution in [0.1, 0.15) is 12.8 Å². The minimum atomic E-state index is -0.0211. The van der Waals surface area contributed by atoms with E-state index in [-0.39, 0.29) is 5.91 Å². The maximum Gasteiger partial charge on any atom is 0.250 e. The predicted molar refractivity (Wildman–Crippen MR) is 48.3 cm³/mol. The average Bonchev–Trinajstić information content (AvgIpc) is 2.52. The first-order valence-corrected chi connectivity index (χ1v) is 4.12. The van der Waals surface area contributed by atoms with Crippen LogP contribution in [0.5, 0.6) is 0 Å². The Labute approximate surface area is 72.5 Å². The molecular weight excluding hydrogens is 152 g/mol. The Bertz CT molecular complexity index is 221. The van der Waals surface area contributed by atoms with E-state index in [0.29, 0.717) is 6.54 Å². The average molecular weight is 166 g/mol. The summed E-state index contributed by atoms with van der Waals surface area (Å²) in [6.45, 7) is 4.75. The summed E-state index contributed by atoms with van der Waals surface area (Å²) in [7, 11) is 0. The van der Waals surface area contributed by atoms with Crippen molar-refractivity contribution in [2.45, 2.75) is 12.8 Å². The third kappa shape index (κ3) is 1.74. The Morgan fingerprint density at radius 1 is 1.75 bits per heavy atom. The second-order valence-corrected chi connectivity index (χ2v) is 2.73. The van der Waals surface area contributed by atoms with E-state index in [1.165, 1.54) is 6.08 Å². The molecule has 1 aliphatic rings. The molecule has 1 amide bonds. The highest BCUT2D eigenvalue weighted by Gasteiger charge is 2.20. The van der Waals surface area contributed by atoms with Crippen LogP contribution >= 0.6 is 0 Å². The van der Waals surface area contributed by atoms with Crippen molar-refractivity contribution in [3.05, 3.63) is 24.4 Å². The van der Waals surface area contributed by atoms with Crippen LogP contribution in [0, 0.1) is 0 Å². The molecule has 0 radical (unpaired) electrons. The zero-order valence-corrected chi connectivity index (χ0v) is 7.12. The zero-order valence-electron chi connectivity index (χ0n) is 7.12. The molecule has 0 aromatic carbocycles. The van der Waals surface area contributed by atoms with Crippen LogP contribution in [0.25, 0.3) is 0 Å². The number of nitrogens with two attached hydrogens (primary N) is 1. The normalized spacial score (nSPS) is 20.1. The van der Waals surface area contributed by atoms with Gasteiger partial charge in [0.1, 0.15) is 0 Å². The fraction of sp³-hybridized carbons (Fsp3) is 0.444. The molecule has 0 atom stereocenters. The first-order chi connectivity index (χ1) is 5.79. The molecule has 0 aromatic heterocycles. The molecule has 0 aliphatic carbocycles. The number of carbonyl (C=O) groups excluding carboxylic acids is 1. The second kappa shape index (κ2) is 4.07. The highest BCUT2D eigenvalue weighted by atomic mass is 16.2. The Balaban J connectivity index is 2.70. The van der Waals surface area contributed by atoms with Crippen LogP contribution in [0.15, 0.2) is 24.4 Å². The number of likely N-dealkylation sites (tertiary alicyclic amines) is 1. The summed E-state index contributed by atoms with van der Waals surface area (Å²) in [5.41, 5.74) is 6.42. The fourth-order valence-corrected chi connectivity index (χ4v) is 1.41. The van der Waals surface area contributed by atoms with Gasteiger partial charge >= 0.3 is 0 Å². The summed E-state index contributed by atoms with van der Waals surface area (Å²) in [4.78, 5) is 13.0. The highest BCUT2D eigenvalue weighted by Crippen LogP contribution is 2.20. The van der Waals surface area contributed by atoms with E-state index in [0.717, 1.165) is 25.1 Å². The van der Waals surface area contributed by atoms with E-state index in [9.17, 15) is 4.79 Å². The number of amides is 1. The molecule has 1 fully saturated rings. The molecule has 1 rings (SSSR count). The Hall–Kier alpha value is -1.09. The molecule has 0 aromatic rings. The SMILES string of the molecule is C=CC(=O)N1CCCC1=CCN. The van der Waals surface area contributed by atoms with Gasteiger partial charge in [0.25, 0.3) is 0 Å². The minimum absolute atomic E-state index is 0.0211. The van der Waals surface area contributed by atoms with Gasteiger partial charge in [0.15, 0.2) is 0 Å². The lowest BCUT2D eigenvalue weighted by Crippen LogP contribution is -2.24. The van der Waals surface area contributed by atoms with Crippen molar-refractivity contribution in [3.8, 4) is 0 Å². The predicted octanol–water partition coefficient (Wildman–Crippen LogP) is 0.637. The Morgan fingerprint density at radius 2 is 2.50 bits per heavy atom. The lowest BCUT2D eigenvalue weighted by atomic mass is 10.3. The van der Waals surface area contributed by atoms with Crippen LogP contribution < -0.4 is 5.73 Å². The van der Waals surface area contributed by atoms with Gasteiger partial charge in [-0.15, -0.1) is 0 Å². The van der Waals surface area contributed by atoms with Crippen molar-refractivity contribution in [1.82, 2.24) is 4.90 Å². The van der Waals surface area contributed by atoms with Crippen molar-refractivity contribution in [2.24, 2.45) is 5.73 Å². The third-order valence-electron chi connectivity index (χ3n) is 1.96. The van der Waals surface area contributed by atoms with Crippen LogP contribution in [-0.2, 0) is 4.79 Å². The van der Waals surface area contributed by atoms with Crippen molar-refractivity contribution >= 4 is 5.91 Å². The third-order valence-corrected chi connectivity index (χ3v) is 1.96. The van der Waals surface area contributed by atoms with Crippen LogP contribution in [0.2, 0.25) is 0 Å². The quantitative estimate of drug-likeness (QED) is 0.612. The van der Waals surface area contributed by atoms with Crippen molar-refractivity contribution in [1.29, 1.82) is 0 Å². The van der Waals surface area contributed by atoms with Crippen molar-refractivity contribution in [3.63, 3.8) is 0 Å². The van der Waals surface area contributed by atoms with Crippen LogP contribution in [-0.4, -0.2) is 23.9 Å². The van der Waals surface area contributed by atoms with E-state index in [1.54, 1.807) is 4.90 Å². The van der Waals surface area contributed by atoms with E-state index in [4.69, 9.17) is 5.73 Å². The van der Waals surface area contributed by atoms with Gasteiger partial charge in [-0.25, -0.2) is 0 Å². The molecule has 1 heterocycles. The molecule has 0 spiro atoms. The van der Waals surface area contributed by atoms with Crippen LogP contribution in [0.4, 0.5) is 0 Å². The number of nitrogens with zero attached hydrogens (tertiary/aromatic N) is 1. The van der Waals surface area contributed by atoms with Gasteiger partial charge in [0.05, 0.1) is 0 Å². The summed E-state index contributed by atoms with van der Waals surface area (Å²) >= 11 is 0. The molecule has 1 aliphatic heterocycles. The molecule has 3 nitrogen and oxygen atoms in total. The van der Waals surface area contributed by atoms with Crippen molar-refractivity contribution < 1.29 is 4.79 Å². The highest BCUT2D eigenvalue weighted by molar-refractivity contribution is 5.88. The molecule has 66 valence electrons. The second-order valence-electron chi connectivity index (χ2n) is 2.73. The van der Waals surface area contributed by atoms with Crippen LogP contribution in [0.3, 0.4) is 0 Å². The lowest BCUT2D eigenvalue weighted by Gasteiger charge is -2.15. The topological polar surface area (TPSA) is 46.3 Å². The van der Waals surface area contributed by atoms with Gasteiger partial charge in [-0.05, 0) is 18.9 Å². The molecule has 12 heavy (non-hydrogen) atoms. The summed E-state index contributed by atoms with van der Waals surface area (Å²) < 4.78 is 0. The molecule has 2 N–H and O–H groups in total. The van der Waals surface area contributed by atoms with E-state index < -0.39 is 0 Å². The maximum absolute atomic E-state index is 11.2. The lowest BCUT2D eigenvalue weighted by molar-refractivity contribution is -0.123. The van der Waals surface area contributed by atoms with Gasteiger partial charge in [-0.3, -0.25) is 4.79 Å². The first-order valence-electron chi connectivity index (χ1n) is 4.12. The molecule has 0 bridgehead atoms. The molecule has 1 saturated heterocycles. The van der Waals surface area contributed by atoms with Gasteiger partial charge in [-0.1, -0.05) is 12.7 Å². The number of hydrogen-bond acceptors (Lipinski definition) is 2. The fourth-order valence-electron chi connectivity index (χ4n) is 1.41. The van der Waals surface area contributed by atoms with Gasteiger partial charge in [-0.2, -0.15) is 0 Å². The molecule has 0 saturated carbocycles. The Morgan fingerprint density at radius 3 is 3.08 bits per heavy atom. The standard InChI is InChI=1S/C9H14N2O/c1-2-9(12)11-7-3-4-8(11)5-6-10/h2,5H,1,3-4,6-7,10H2. The molecule has 3 heteroatoms. The monoisotopic (exact) mass is 166 g/mol. The minimum Gasteiger partial charge on any atom is -0.327 e. The van der Waals surface area contributed by atoms with E-state index >= 15 is 0 Å². The smallest absolute Gasteiger partial charge is 0.250 e. The first kappa shape index (κ1) is 9.00. The van der Waals surface area contributed by atoms with Gasteiger partial charge < -0.3 is 10.6 Å². The Kier molecular flexibility index (Phi) is 3.05. The zero-order chi connectivity index (χ0) is 8.97. The van der Waals surface area contributed by atoms with E-state index in [1.807, 2.05) is 6.08 Å². The maximum atomic E-state index is 11.2. The molecule has 0 unspecified atom stereocenters. The van der Waals surface area contributed by atoms with Crippen molar-refractivity contribution in [2.75, 3.05) is 13.1 Å². The summed E-state index contributed by atoms with van der Waals surface area (Å²) in [6, 6.07) is 0. The summed E-state index contributed by atoms with van der Waals surface area (Å²) in [5, 5.41) is 0. The summed E-state index contributed by atoms with van der Waals surface area (Å²) in [6.07, 6.45) is 5.23. The van der Waals surface area contributed by atoms with Gasteiger partial charge in [0.2, 0.25) is 5.91 Å². The molecular formula is C9H14N2O. The number of allylic oxidation sites excluding steroid dienone is 1. The van der Waals surface area contributed by atoms with Gasteiger partial charge in [0, 0.05) is 18.8 Å². The largest absolute Gasteiger partial charge is 0.327 e. The summed E-state index contributed by atoms with van der Waals surface area (Å²) in [5.74, 6) is -0.0211. The number of rotatable bonds is 2. The van der Waals surface area contributed by atoms with E-state index in [2.05, 4.69) is 6.58 Å². The number of carbonyl (C=O) groups is 1.